The Hall–Kier alpha value is -0.590. The summed E-state index contributed by atoms with van der Waals surface area (Å²) in [5.41, 5.74) is 1.59. The van der Waals surface area contributed by atoms with E-state index in [9.17, 15) is 4.79 Å². The molecule has 0 rings (SSSR count). The molecule has 0 aliphatic rings. The molecule has 0 unspecified atom stereocenters. The Balaban J connectivity index is 3.40. The van der Waals surface area contributed by atoms with Gasteiger partial charge < -0.3 is 4.79 Å². The summed E-state index contributed by atoms with van der Waals surface area (Å²) in [5.74, 6) is 0.314. The quantitative estimate of drug-likeness (QED) is 0.446. The summed E-state index contributed by atoms with van der Waals surface area (Å²) in [7, 11) is 0. The lowest BCUT2D eigenvalue weighted by Crippen LogP contribution is -2.08. The van der Waals surface area contributed by atoms with Crippen LogP contribution in [0.4, 0.5) is 0 Å². The fourth-order valence-electron chi connectivity index (χ4n) is 1.44. The lowest BCUT2D eigenvalue weighted by atomic mass is 9.84. The Kier molecular flexibility index (Phi) is 6.55. The third kappa shape index (κ3) is 8.41. The molecule has 0 radical (unpaired) electrons. The molecule has 0 aromatic rings. The highest BCUT2D eigenvalue weighted by molar-refractivity contribution is 5.75. The van der Waals surface area contributed by atoms with Crippen LogP contribution < -0.4 is 0 Å². The molecule has 0 saturated carbocycles. The first-order valence-corrected chi connectivity index (χ1v) is 6.01. The molecule has 0 amide bonds. The predicted octanol–water partition coefficient (Wildman–Crippen LogP) is 4.52. The van der Waals surface area contributed by atoms with Crippen LogP contribution in [0.3, 0.4) is 0 Å². The summed E-state index contributed by atoms with van der Waals surface area (Å²) < 4.78 is 0. The second kappa shape index (κ2) is 6.81. The van der Waals surface area contributed by atoms with Gasteiger partial charge in [0.1, 0.15) is 5.78 Å². The van der Waals surface area contributed by atoms with E-state index in [4.69, 9.17) is 0 Å². The van der Waals surface area contributed by atoms with Crippen molar-refractivity contribution >= 4 is 5.78 Å². The molecular formula is C14H26O. The molecule has 15 heavy (non-hydrogen) atoms. The van der Waals surface area contributed by atoms with Crippen molar-refractivity contribution in [3.05, 3.63) is 12.2 Å². The minimum Gasteiger partial charge on any atom is -0.300 e. The molecule has 0 spiro atoms. The molecule has 0 atom stereocenters. The smallest absolute Gasteiger partial charge is 0.129 e. The number of carbonyl (C=O) groups excluding carboxylic acids is 1. The van der Waals surface area contributed by atoms with Gasteiger partial charge >= 0.3 is 0 Å². The van der Waals surface area contributed by atoms with E-state index in [2.05, 4.69) is 27.4 Å². The third-order valence-corrected chi connectivity index (χ3v) is 2.82. The fourth-order valence-corrected chi connectivity index (χ4v) is 1.44. The normalized spacial score (nSPS) is 11.5. The minimum absolute atomic E-state index is 0.249. The van der Waals surface area contributed by atoms with Gasteiger partial charge in [0.25, 0.3) is 0 Å². The number of carbonyl (C=O) groups is 1. The lowest BCUT2D eigenvalue weighted by Gasteiger charge is -2.21. The zero-order valence-corrected chi connectivity index (χ0v) is 10.9. The zero-order valence-electron chi connectivity index (χ0n) is 10.9. The lowest BCUT2D eigenvalue weighted by molar-refractivity contribution is -0.117. The standard InChI is InChI=1S/C14H26O/c1-12(14(3,4)5)10-8-6-7-9-11-13(2)15/h1,6-11H2,2-5H3. The van der Waals surface area contributed by atoms with Gasteiger partial charge in [-0.2, -0.15) is 0 Å². The van der Waals surface area contributed by atoms with E-state index in [-0.39, 0.29) is 5.41 Å². The van der Waals surface area contributed by atoms with Gasteiger partial charge in [-0.3, -0.25) is 0 Å². The highest BCUT2D eigenvalue weighted by Crippen LogP contribution is 2.27. The number of hydrogen-bond donors (Lipinski definition) is 0. The maximum atomic E-state index is 10.7. The molecule has 1 heteroatoms. The molecule has 0 fully saturated rings. The monoisotopic (exact) mass is 210 g/mol. The molecule has 0 aliphatic carbocycles. The SMILES string of the molecule is C=C(CCCCCCC(C)=O)C(C)(C)C. The van der Waals surface area contributed by atoms with Crippen LogP contribution in [0.25, 0.3) is 0 Å². The van der Waals surface area contributed by atoms with E-state index in [1.807, 2.05) is 0 Å². The second-order valence-electron chi connectivity index (χ2n) is 5.47. The molecule has 0 aromatic heterocycles. The van der Waals surface area contributed by atoms with Gasteiger partial charge in [-0.05, 0) is 31.6 Å². The van der Waals surface area contributed by atoms with Crippen molar-refractivity contribution in [1.82, 2.24) is 0 Å². The van der Waals surface area contributed by atoms with Gasteiger partial charge in [-0.1, -0.05) is 45.8 Å². The van der Waals surface area contributed by atoms with Crippen molar-refractivity contribution in [3.8, 4) is 0 Å². The fraction of sp³-hybridized carbons (Fsp3) is 0.786. The van der Waals surface area contributed by atoms with Crippen molar-refractivity contribution in [2.24, 2.45) is 5.41 Å². The van der Waals surface area contributed by atoms with Crippen LogP contribution in [0, 0.1) is 5.41 Å². The number of unbranched alkanes of at least 4 members (excludes halogenated alkanes) is 3. The second-order valence-corrected chi connectivity index (χ2v) is 5.47. The number of ketones is 1. The van der Waals surface area contributed by atoms with E-state index < -0.39 is 0 Å². The summed E-state index contributed by atoms with van der Waals surface area (Å²) in [5, 5.41) is 0. The minimum atomic E-state index is 0.249. The van der Waals surface area contributed by atoms with Gasteiger partial charge in [0.2, 0.25) is 0 Å². The van der Waals surface area contributed by atoms with Crippen LogP contribution in [-0.2, 0) is 4.79 Å². The topological polar surface area (TPSA) is 17.1 Å². The van der Waals surface area contributed by atoms with Crippen LogP contribution >= 0.6 is 0 Å². The summed E-state index contributed by atoms with van der Waals surface area (Å²) in [6.07, 6.45) is 6.55. The van der Waals surface area contributed by atoms with E-state index in [0.717, 1.165) is 19.3 Å². The molecule has 0 aromatic carbocycles. The molecule has 88 valence electrons. The van der Waals surface area contributed by atoms with Crippen LogP contribution in [-0.4, -0.2) is 5.78 Å². The molecular weight excluding hydrogens is 184 g/mol. The number of Topliss-reactive ketones (excluding diaryl/α,β-unsaturated/α-hetero) is 1. The van der Waals surface area contributed by atoms with E-state index in [1.54, 1.807) is 6.92 Å². The molecule has 1 nitrogen and oxygen atoms in total. The number of allylic oxidation sites excluding steroid dienone is 1. The van der Waals surface area contributed by atoms with Gasteiger partial charge in [0, 0.05) is 6.42 Å². The Morgan fingerprint density at radius 1 is 1.00 bits per heavy atom. The molecule has 0 saturated heterocycles. The summed E-state index contributed by atoms with van der Waals surface area (Å²) >= 11 is 0. The average molecular weight is 210 g/mol. The van der Waals surface area contributed by atoms with Gasteiger partial charge in [-0.25, -0.2) is 0 Å². The summed E-state index contributed by atoms with van der Waals surface area (Å²) in [6, 6.07) is 0. The first kappa shape index (κ1) is 14.4. The Labute approximate surface area is 95.0 Å². The summed E-state index contributed by atoms with van der Waals surface area (Å²) in [6.45, 7) is 12.4. The summed E-state index contributed by atoms with van der Waals surface area (Å²) in [4.78, 5) is 10.7. The molecule has 0 bridgehead atoms. The van der Waals surface area contributed by atoms with Gasteiger partial charge in [0.05, 0.1) is 0 Å². The molecule has 0 N–H and O–H groups in total. The number of rotatable bonds is 7. The average Bonchev–Trinajstić information content (AvgIpc) is 2.08. The maximum Gasteiger partial charge on any atom is 0.129 e. The van der Waals surface area contributed by atoms with E-state index >= 15 is 0 Å². The van der Waals surface area contributed by atoms with E-state index in [1.165, 1.54) is 24.8 Å². The van der Waals surface area contributed by atoms with Crippen LogP contribution in [0.15, 0.2) is 12.2 Å². The first-order valence-electron chi connectivity index (χ1n) is 6.01. The van der Waals surface area contributed by atoms with Crippen molar-refractivity contribution in [1.29, 1.82) is 0 Å². The Morgan fingerprint density at radius 2 is 1.47 bits per heavy atom. The van der Waals surface area contributed by atoms with Crippen molar-refractivity contribution in [2.75, 3.05) is 0 Å². The third-order valence-electron chi connectivity index (χ3n) is 2.82. The van der Waals surface area contributed by atoms with Crippen LogP contribution in [0.5, 0.6) is 0 Å². The first-order chi connectivity index (χ1) is 6.84. The van der Waals surface area contributed by atoms with Crippen molar-refractivity contribution in [3.63, 3.8) is 0 Å². The molecule has 0 aliphatic heterocycles. The predicted molar refractivity (Wildman–Crippen MR) is 67.0 cm³/mol. The maximum absolute atomic E-state index is 10.7. The van der Waals surface area contributed by atoms with Gasteiger partial charge in [0.15, 0.2) is 0 Å². The number of hydrogen-bond acceptors (Lipinski definition) is 1. The Morgan fingerprint density at radius 3 is 1.87 bits per heavy atom. The highest BCUT2D eigenvalue weighted by Gasteiger charge is 2.13. The van der Waals surface area contributed by atoms with Crippen molar-refractivity contribution < 1.29 is 4.79 Å². The van der Waals surface area contributed by atoms with Gasteiger partial charge in [-0.15, -0.1) is 0 Å². The van der Waals surface area contributed by atoms with Crippen LogP contribution in [0.2, 0.25) is 0 Å². The largest absolute Gasteiger partial charge is 0.300 e. The van der Waals surface area contributed by atoms with E-state index in [0.29, 0.717) is 5.78 Å². The highest BCUT2D eigenvalue weighted by atomic mass is 16.1. The van der Waals surface area contributed by atoms with Crippen molar-refractivity contribution in [2.45, 2.75) is 66.2 Å². The Bertz CT molecular complexity index is 208. The zero-order chi connectivity index (χ0) is 11.9. The van der Waals surface area contributed by atoms with Crippen LogP contribution in [0.1, 0.15) is 66.2 Å². The molecule has 0 heterocycles.